The van der Waals surface area contributed by atoms with Crippen molar-refractivity contribution in [3.05, 3.63) is 101 Å². The number of nitrogens with zero attached hydrogens (tertiary/aromatic N) is 1. The summed E-state index contributed by atoms with van der Waals surface area (Å²) in [5, 5.41) is 13.6. The molecule has 1 amide bonds. The van der Waals surface area contributed by atoms with Crippen LogP contribution in [0.2, 0.25) is 5.02 Å². The lowest BCUT2D eigenvalue weighted by Gasteiger charge is -2.27. The smallest absolute Gasteiger partial charge is 0.300 e. The van der Waals surface area contributed by atoms with Gasteiger partial charge >= 0.3 is 0 Å². The summed E-state index contributed by atoms with van der Waals surface area (Å²) in [5.41, 5.74) is 1.19. The van der Waals surface area contributed by atoms with Gasteiger partial charge in [0.15, 0.2) is 0 Å². The number of carbonyl (C=O) groups excluding carboxylic acids is 2. The summed E-state index contributed by atoms with van der Waals surface area (Å²) in [6.45, 7) is 0. The SMILES string of the molecule is COc1cccc(N2C(=O)C(=O)/C(=C(/O)c3cc(Cl)c(OC)cc3OC)C2c2cccc3ccccc23)c1. The van der Waals surface area contributed by atoms with Gasteiger partial charge in [-0.05, 0) is 34.5 Å². The summed E-state index contributed by atoms with van der Waals surface area (Å²) < 4.78 is 16.1. The minimum atomic E-state index is -0.946. The van der Waals surface area contributed by atoms with Crippen molar-refractivity contribution in [2.45, 2.75) is 6.04 Å². The van der Waals surface area contributed by atoms with Crippen molar-refractivity contribution in [2.24, 2.45) is 0 Å². The zero-order valence-corrected chi connectivity index (χ0v) is 21.7. The minimum absolute atomic E-state index is 0.0892. The van der Waals surface area contributed by atoms with E-state index in [0.29, 0.717) is 22.7 Å². The first-order valence-electron chi connectivity index (χ1n) is 11.7. The van der Waals surface area contributed by atoms with Gasteiger partial charge in [-0.3, -0.25) is 14.5 Å². The normalized spacial score (nSPS) is 16.6. The summed E-state index contributed by atoms with van der Waals surface area (Å²) in [5.74, 6) is -0.943. The van der Waals surface area contributed by atoms with Crippen LogP contribution in [0.4, 0.5) is 5.69 Å². The number of benzene rings is 4. The van der Waals surface area contributed by atoms with Crippen molar-refractivity contribution >= 4 is 45.5 Å². The Morgan fingerprint density at radius 1 is 0.842 bits per heavy atom. The monoisotopic (exact) mass is 529 g/mol. The highest BCUT2D eigenvalue weighted by Crippen LogP contribution is 2.46. The number of rotatable bonds is 6. The number of ketones is 1. The average molecular weight is 530 g/mol. The average Bonchev–Trinajstić information content (AvgIpc) is 3.21. The molecule has 5 rings (SSSR count). The predicted molar refractivity (Wildman–Crippen MR) is 146 cm³/mol. The topological polar surface area (TPSA) is 85.3 Å². The predicted octanol–water partition coefficient (Wildman–Crippen LogP) is 6.15. The van der Waals surface area contributed by atoms with Gasteiger partial charge in [0.25, 0.3) is 11.7 Å². The third kappa shape index (κ3) is 4.11. The zero-order chi connectivity index (χ0) is 27.0. The summed E-state index contributed by atoms with van der Waals surface area (Å²) in [4.78, 5) is 28.6. The van der Waals surface area contributed by atoms with Gasteiger partial charge in [0.1, 0.15) is 23.0 Å². The summed E-state index contributed by atoms with van der Waals surface area (Å²) >= 11 is 6.37. The molecule has 7 nitrogen and oxygen atoms in total. The van der Waals surface area contributed by atoms with Gasteiger partial charge in [-0.1, -0.05) is 60.1 Å². The van der Waals surface area contributed by atoms with Crippen LogP contribution in [0.25, 0.3) is 16.5 Å². The number of Topliss-reactive ketones (excluding diaryl/α,β-unsaturated/α-hetero) is 1. The van der Waals surface area contributed by atoms with Crippen LogP contribution in [-0.4, -0.2) is 38.1 Å². The van der Waals surface area contributed by atoms with Crippen molar-refractivity contribution in [3.63, 3.8) is 0 Å². The van der Waals surface area contributed by atoms with Crippen LogP contribution < -0.4 is 19.1 Å². The highest BCUT2D eigenvalue weighted by Gasteiger charge is 2.47. The number of carbonyl (C=O) groups is 2. The number of aliphatic hydroxyl groups is 1. The Morgan fingerprint density at radius 3 is 2.29 bits per heavy atom. The molecule has 38 heavy (non-hydrogen) atoms. The number of aliphatic hydroxyl groups excluding tert-OH is 1. The molecule has 4 aromatic carbocycles. The number of ether oxygens (including phenoxy) is 3. The van der Waals surface area contributed by atoms with Crippen LogP contribution in [0.15, 0.2) is 84.4 Å². The molecule has 1 aliphatic heterocycles. The van der Waals surface area contributed by atoms with Crippen LogP contribution >= 0.6 is 11.6 Å². The molecule has 4 aromatic rings. The maximum absolute atomic E-state index is 13.6. The Morgan fingerprint density at radius 2 is 1.55 bits per heavy atom. The van der Waals surface area contributed by atoms with E-state index in [1.807, 2.05) is 42.5 Å². The van der Waals surface area contributed by atoms with Gasteiger partial charge < -0.3 is 19.3 Å². The van der Waals surface area contributed by atoms with E-state index in [2.05, 4.69) is 0 Å². The summed E-state index contributed by atoms with van der Waals surface area (Å²) in [7, 11) is 4.41. The van der Waals surface area contributed by atoms with Crippen molar-refractivity contribution in [1.82, 2.24) is 0 Å². The van der Waals surface area contributed by atoms with Crippen LogP contribution in [0, 0.1) is 0 Å². The number of methoxy groups -OCH3 is 3. The number of halogens is 1. The van der Waals surface area contributed by atoms with Gasteiger partial charge in [-0.25, -0.2) is 0 Å². The molecule has 192 valence electrons. The fraction of sp³-hybridized carbons (Fsp3) is 0.133. The lowest BCUT2D eigenvalue weighted by molar-refractivity contribution is -0.132. The van der Waals surface area contributed by atoms with E-state index in [-0.39, 0.29) is 21.9 Å². The molecule has 0 bridgehead atoms. The van der Waals surface area contributed by atoms with Gasteiger partial charge in [0, 0.05) is 17.8 Å². The molecule has 1 atom stereocenters. The molecule has 0 aliphatic carbocycles. The van der Waals surface area contributed by atoms with Gasteiger partial charge in [-0.15, -0.1) is 0 Å². The molecule has 1 N–H and O–H groups in total. The highest BCUT2D eigenvalue weighted by molar-refractivity contribution is 6.52. The summed E-state index contributed by atoms with van der Waals surface area (Å²) in [6, 6.07) is 22.2. The second kappa shape index (κ2) is 10.1. The first-order valence-corrected chi connectivity index (χ1v) is 12.1. The van der Waals surface area contributed by atoms with Crippen LogP contribution in [0.1, 0.15) is 17.2 Å². The molecule has 1 saturated heterocycles. The second-order valence-electron chi connectivity index (χ2n) is 8.63. The molecule has 0 aromatic heterocycles. The van der Waals surface area contributed by atoms with Crippen LogP contribution in [0.5, 0.6) is 17.2 Å². The minimum Gasteiger partial charge on any atom is -0.507 e. The standard InChI is InChI=1S/C30H24ClNO6/c1-36-19-11-7-10-18(14-19)32-27(21-13-6-9-17-8-4-5-12-20(17)21)26(29(34)30(32)35)28(33)22-15-23(31)25(38-3)16-24(22)37-2/h4-16,27,33H,1-3H3/b28-26+. The number of fused-ring (bicyclic) bond motifs is 1. The zero-order valence-electron chi connectivity index (χ0n) is 20.9. The molecule has 1 fully saturated rings. The third-order valence-corrected chi connectivity index (χ3v) is 6.92. The van der Waals surface area contributed by atoms with E-state index in [9.17, 15) is 14.7 Å². The Bertz CT molecular complexity index is 1610. The molecular formula is C30H24ClNO6. The fourth-order valence-corrected chi connectivity index (χ4v) is 5.07. The van der Waals surface area contributed by atoms with Crippen molar-refractivity contribution in [1.29, 1.82) is 0 Å². The maximum Gasteiger partial charge on any atom is 0.300 e. The molecule has 0 radical (unpaired) electrons. The summed E-state index contributed by atoms with van der Waals surface area (Å²) in [6.07, 6.45) is 0. The van der Waals surface area contributed by atoms with E-state index >= 15 is 0 Å². The molecular weight excluding hydrogens is 506 g/mol. The quantitative estimate of drug-likeness (QED) is 0.183. The molecule has 1 aliphatic rings. The Hall–Kier alpha value is -4.49. The van der Waals surface area contributed by atoms with Crippen LogP contribution in [-0.2, 0) is 9.59 Å². The number of hydrogen-bond acceptors (Lipinski definition) is 6. The first kappa shape index (κ1) is 25.2. The van der Waals surface area contributed by atoms with E-state index in [1.165, 1.54) is 38.4 Å². The first-order chi connectivity index (χ1) is 18.4. The number of hydrogen-bond donors (Lipinski definition) is 1. The Kier molecular flexibility index (Phi) is 6.70. The largest absolute Gasteiger partial charge is 0.507 e. The third-order valence-electron chi connectivity index (χ3n) is 6.62. The Labute approximate surface area is 224 Å². The molecule has 8 heteroatoms. The lowest BCUT2D eigenvalue weighted by Crippen LogP contribution is -2.29. The highest BCUT2D eigenvalue weighted by atomic mass is 35.5. The number of amides is 1. The van der Waals surface area contributed by atoms with E-state index in [4.69, 9.17) is 25.8 Å². The van der Waals surface area contributed by atoms with Gasteiger partial charge in [-0.2, -0.15) is 0 Å². The van der Waals surface area contributed by atoms with Gasteiger partial charge in [0.2, 0.25) is 0 Å². The van der Waals surface area contributed by atoms with Crippen LogP contribution in [0.3, 0.4) is 0 Å². The molecule has 0 spiro atoms. The molecule has 1 heterocycles. The van der Waals surface area contributed by atoms with E-state index in [0.717, 1.165) is 10.8 Å². The maximum atomic E-state index is 13.6. The molecule has 0 saturated carbocycles. The van der Waals surface area contributed by atoms with Gasteiger partial charge in [0.05, 0.1) is 43.5 Å². The van der Waals surface area contributed by atoms with Crippen molar-refractivity contribution < 1.29 is 28.9 Å². The van der Waals surface area contributed by atoms with Crippen molar-refractivity contribution in [2.75, 3.05) is 26.2 Å². The second-order valence-corrected chi connectivity index (χ2v) is 9.03. The van der Waals surface area contributed by atoms with E-state index < -0.39 is 23.5 Å². The molecule has 1 unspecified atom stereocenters. The Balaban J connectivity index is 1.83. The number of anilines is 1. The fourth-order valence-electron chi connectivity index (χ4n) is 4.83. The van der Waals surface area contributed by atoms with E-state index in [1.54, 1.807) is 24.3 Å². The van der Waals surface area contributed by atoms with Crippen molar-refractivity contribution in [3.8, 4) is 17.2 Å². The lowest BCUT2D eigenvalue weighted by atomic mass is 9.91.